The number of hydrogen-bond acceptors (Lipinski definition) is 7. The van der Waals surface area contributed by atoms with E-state index in [1.54, 1.807) is 30.2 Å². The van der Waals surface area contributed by atoms with Gasteiger partial charge in [-0.25, -0.2) is 14.8 Å². The molecule has 180 valence electrons. The van der Waals surface area contributed by atoms with E-state index in [2.05, 4.69) is 20.6 Å². The van der Waals surface area contributed by atoms with Crippen LogP contribution in [0.5, 0.6) is 0 Å². The van der Waals surface area contributed by atoms with Gasteiger partial charge in [-0.15, -0.1) is 0 Å². The van der Waals surface area contributed by atoms with Gasteiger partial charge in [0.05, 0.1) is 17.7 Å². The highest BCUT2D eigenvalue weighted by Gasteiger charge is 2.31. The van der Waals surface area contributed by atoms with E-state index >= 15 is 0 Å². The number of nitrogens with one attached hydrogen (secondary N) is 2. The zero-order chi connectivity index (χ0) is 24.3. The van der Waals surface area contributed by atoms with Gasteiger partial charge in [-0.05, 0) is 66.5 Å². The molecule has 0 saturated carbocycles. The number of nitrogens with zero attached hydrogens (tertiary/aromatic N) is 3. The molecule has 3 heterocycles. The fourth-order valence-electron chi connectivity index (χ4n) is 3.74. The molecule has 2 atom stereocenters. The Labute approximate surface area is 194 Å². The summed E-state index contributed by atoms with van der Waals surface area (Å²) in [5.41, 5.74) is -0.0289. The van der Waals surface area contributed by atoms with Crippen molar-refractivity contribution >= 4 is 34.4 Å². The molecule has 2 aromatic heterocycles. The van der Waals surface area contributed by atoms with Gasteiger partial charge in [0.1, 0.15) is 17.2 Å². The normalized spacial score (nSPS) is 17.7. The van der Waals surface area contributed by atoms with Gasteiger partial charge in [0.15, 0.2) is 0 Å². The molecule has 0 unspecified atom stereocenters. The van der Waals surface area contributed by atoms with Gasteiger partial charge in [-0.1, -0.05) is 0 Å². The van der Waals surface area contributed by atoms with Crippen LogP contribution in [0, 0.1) is 5.92 Å². The third-order valence-electron chi connectivity index (χ3n) is 5.28. The molecule has 0 spiro atoms. The standard InChI is InChI=1S/C24H35N5O4/c1-14(2)26-21-18-11-20(25-12-17(18)10-19(27-21)15(3)30)28-22(31)16-8-7-9-29(13-16)23(32)33-24(4,5)6/h10-12,14-16,30H,7-9,13H2,1-6H3,(H,26,27)(H,25,28,31)/t15-,16-/m1/s1. The molecule has 0 bridgehead atoms. The molecule has 2 amide bonds. The van der Waals surface area contributed by atoms with E-state index in [1.165, 1.54) is 0 Å². The monoisotopic (exact) mass is 457 g/mol. The largest absolute Gasteiger partial charge is 0.444 e. The fraction of sp³-hybridized carbons (Fsp3) is 0.583. The smallest absolute Gasteiger partial charge is 0.410 e. The number of anilines is 2. The van der Waals surface area contributed by atoms with E-state index in [0.717, 1.165) is 17.2 Å². The van der Waals surface area contributed by atoms with E-state index in [1.807, 2.05) is 34.6 Å². The number of hydrogen-bond donors (Lipinski definition) is 3. The number of pyridine rings is 2. The van der Waals surface area contributed by atoms with Gasteiger partial charge >= 0.3 is 6.09 Å². The van der Waals surface area contributed by atoms with Crippen molar-refractivity contribution in [2.45, 2.75) is 72.1 Å². The maximum atomic E-state index is 13.0. The molecule has 0 radical (unpaired) electrons. The first-order chi connectivity index (χ1) is 15.4. The van der Waals surface area contributed by atoms with Crippen LogP contribution in [0.25, 0.3) is 10.8 Å². The summed E-state index contributed by atoms with van der Waals surface area (Å²) >= 11 is 0. The van der Waals surface area contributed by atoms with E-state index in [4.69, 9.17) is 4.74 Å². The maximum absolute atomic E-state index is 13.0. The highest BCUT2D eigenvalue weighted by molar-refractivity contribution is 5.97. The lowest BCUT2D eigenvalue weighted by atomic mass is 9.97. The van der Waals surface area contributed by atoms with Crippen LogP contribution in [-0.2, 0) is 9.53 Å². The van der Waals surface area contributed by atoms with Gasteiger partial charge in [0.2, 0.25) is 5.91 Å². The van der Waals surface area contributed by atoms with Crippen LogP contribution < -0.4 is 10.6 Å². The quantitative estimate of drug-likeness (QED) is 0.619. The van der Waals surface area contributed by atoms with Crippen molar-refractivity contribution in [1.29, 1.82) is 0 Å². The van der Waals surface area contributed by atoms with Crippen molar-refractivity contribution in [2.75, 3.05) is 23.7 Å². The van der Waals surface area contributed by atoms with Crippen molar-refractivity contribution in [3.63, 3.8) is 0 Å². The number of carbonyl (C=O) groups excluding carboxylic acids is 2. The molecule has 1 aliphatic heterocycles. The predicted octanol–water partition coefficient (Wildman–Crippen LogP) is 4.09. The lowest BCUT2D eigenvalue weighted by Crippen LogP contribution is -2.45. The highest BCUT2D eigenvalue weighted by atomic mass is 16.6. The summed E-state index contributed by atoms with van der Waals surface area (Å²) in [7, 11) is 0. The summed E-state index contributed by atoms with van der Waals surface area (Å²) in [5.74, 6) is 0.528. The molecule has 0 aliphatic carbocycles. The number of carbonyl (C=O) groups is 2. The fourth-order valence-corrected chi connectivity index (χ4v) is 3.74. The van der Waals surface area contributed by atoms with Crippen LogP contribution in [-0.4, -0.2) is 56.7 Å². The summed E-state index contributed by atoms with van der Waals surface area (Å²) < 4.78 is 5.45. The number of aromatic nitrogens is 2. The van der Waals surface area contributed by atoms with E-state index in [9.17, 15) is 14.7 Å². The Kier molecular flexibility index (Phi) is 7.41. The van der Waals surface area contributed by atoms with Crippen LogP contribution in [0.2, 0.25) is 0 Å². The van der Waals surface area contributed by atoms with Crippen molar-refractivity contribution in [2.24, 2.45) is 5.92 Å². The molecular weight excluding hydrogens is 422 g/mol. The highest BCUT2D eigenvalue weighted by Crippen LogP contribution is 2.28. The Balaban J connectivity index is 1.77. The Morgan fingerprint density at radius 1 is 1.24 bits per heavy atom. The molecule has 9 nitrogen and oxygen atoms in total. The summed E-state index contributed by atoms with van der Waals surface area (Å²) in [6.45, 7) is 12.0. The van der Waals surface area contributed by atoms with Gasteiger partial charge < -0.3 is 25.4 Å². The number of fused-ring (bicyclic) bond motifs is 1. The van der Waals surface area contributed by atoms with Gasteiger partial charge in [0.25, 0.3) is 0 Å². The summed E-state index contributed by atoms with van der Waals surface area (Å²) in [6, 6.07) is 3.71. The zero-order valence-corrected chi connectivity index (χ0v) is 20.3. The topological polar surface area (TPSA) is 117 Å². The number of rotatable bonds is 5. The van der Waals surface area contributed by atoms with Crippen LogP contribution in [0.4, 0.5) is 16.4 Å². The van der Waals surface area contributed by atoms with Crippen molar-refractivity contribution in [3.8, 4) is 0 Å². The average Bonchev–Trinajstić information content (AvgIpc) is 2.72. The Morgan fingerprint density at radius 2 is 1.97 bits per heavy atom. The second-order valence-electron chi connectivity index (χ2n) is 9.92. The number of amides is 2. The van der Waals surface area contributed by atoms with Crippen LogP contribution in [0.15, 0.2) is 18.3 Å². The van der Waals surface area contributed by atoms with E-state index in [-0.39, 0.29) is 17.9 Å². The second kappa shape index (κ2) is 9.91. The summed E-state index contributed by atoms with van der Waals surface area (Å²) in [5, 5.41) is 17.8. The second-order valence-corrected chi connectivity index (χ2v) is 9.92. The molecule has 1 fully saturated rings. The molecule has 1 aliphatic rings. The molecule has 33 heavy (non-hydrogen) atoms. The lowest BCUT2D eigenvalue weighted by molar-refractivity contribution is -0.121. The lowest BCUT2D eigenvalue weighted by Gasteiger charge is -2.33. The van der Waals surface area contributed by atoms with Crippen molar-refractivity contribution in [1.82, 2.24) is 14.9 Å². The number of aliphatic hydroxyl groups is 1. The average molecular weight is 458 g/mol. The Hall–Kier alpha value is -2.94. The van der Waals surface area contributed by atoms with Gasteiger partial charge in [-0.2, -0.15) is 0 Å². The molecule has 2 aromatic rings. The number of likely N-dealkylation sites (tertiary alicyclic amines) is 1. The minimum absolute atomic E-state index is 0.136. The first-order valence-electron chi connectivity index (χ1n) is 11.5. The third-order valence-corrected chi connectivity index (χ3v) is 5.28. The predicted molar refractivity (Wildman–Crippen MR) is 128 cm³/mol. The Morgan fingerprint density at radius 3 is 2.61 bits per heavy atom. The van der Waals surface area contributed by atoms with Crippen LogP contribution in [0.1, 0.15) is 66.2 Å². The molecule has 0 aromatic carbocycles. The van der Waals surface area contributed by atoms with Crippen molar-refractivity contribution < 1.29 is 19.4 Å². The molecule has 1 saturated heterocycles. The Bertz CT molecular complexity index is 1020. The molecule has 3 N–H and O–H groups in total. The molecule has 9 heteroatoms. The first kappa shape index (κ1) is 24.7. The summed E-state index contributed by atoms with van der Waals surface area (Å²) in [6.07, 6.45) is 1.99. The van der Waals surface area contributed by atoms with Crippen LogP contribution in [0.3, 0.4) is 0 Å². The van der Waals surface area contributed by atoms with Gasteiger partial charge in [0, 0.05) is 36.1 Å². The van der Waals surface area contributed by atoms with E-state index in [0.29, 0.717) is 36.8 Å². The third kappa shape index (κ3) is 6.54. The number of piperidine rings is 1. The molecular formula is C24H35N5O4. The van der Waals surface area contributed by atoms with Gasteiger partial charge in [-0.3, -0.25) is 4.79 Å². The first-order valence-corrected chi connectivity index (χ1v) is 11.5. The van der Waals surface area contributed by atoms with Crippen molar-refractivity contribution in [3.05, 3.63) is 24.0 Å². The zero-order valence-electron chi connectivity index (χ0n) is 20.3. The minimum atomic E-state index is -0.708. The van der Waals surface area contributed by atoms with E-state index < -0.39 is 17.8 Å². The summed E-state index contributed by atoms with van der Waals surface area (Å²) in [4.78, 5) is 35.9. The maximum Gasteiger partial charge on any atom is 0.410 e. The number of aliphatic hydroxyl groups excluding tert-OH is 1. The van der Waals surface area contributed by atoms with Crippen LogP contribution >= 0.6 is 0 Å². The number of ether oxygens (including phenoxy) is 1. The SMILES string of the molecule is CC(C)Nc1nc([C@@H](C)O)cc2cnc(NC(=O)[C@@H]3CCCN(C(=O)OC(C)(C)C)C3)cc12. The molecule has 3 rings (SSSR count). The minimum Gasteiger partial charge on any atom is -0.444 e.